The predicted molar refractivity (Wildman–Crippen MR) is 77.1 cm³/mol. The maximum Gasteiger partial charge on any atom is 0.438 e. The molecule has 0 amide bonds. The van der Waals surface area contributed by atoms with Crippen LogP contribution in [0.5, 0.6) is 0 Å². The number of halogens is 27. The summed E-state index contributed by atoms with van der Waals surface area (Å²) in [6, 6.07) is 0. The van der Waals surface area contributed by atoms with E-state index in [1.165, 1.54) is 0 Å². The molecule has 0 aromatic heterocycles. The first-order valence-corrected chi connectivity index (χ1v) is 9.27. The summed E-state index contributed by atoms with van der Waals surface area (Å²) in [6.45, 7) is -2.48. The molecule has 0 heterocycles. The van der Waals surface area contributed by atoms with Gasteiger partial charge in [-0.25, -0.2) is 4.39 Å². The minimum Gasteiger partial charge on any atom is -0.396 e. The second-order valence-electron chi connectivity index (χ2n) is 8.00. The molecule has 0 rings (SSSR count). The van der Waals surface area contributed by atoms with E-state index in [0.717, 1.165) is 0 Å². The van der Waals surface area contributed by atoms with Gasteiger partial charge in [-0.05, 0) is 0 Å². The lowest BCUT2D eigenvalue weighted by Gasteiger charge is -2.46. The first kappa shape index (κ1) is 41.1. The Morgan fingerprint density at radius 1 is 0.279 bits per heavy atom. The first-order chi connectivity index (χ1) is 18.1. The van der Waals surface area contributed by atoms with E-state index in [2.05, 4.69) is 0 Å². The SMILES string of the molecule is OCCC(F)(F)C(F)(F)C(F)(F)C(F)(F)C(F)(F)C(F)(F)C(F)(F)C(F)(F)C(F)(F)C(F)(F)C(F)(C(F)(F)F)C(F)(F)F. The quantitative estimate of drug-likeness (QED) is 0.201. The lowest BCUT2D eigenvalue weighted by molar-refractivity contribution is -0.487. The molecule has 0 saturated heterocycles. The van der Waals surface area contributed by atoms with Crippen LogP contribution in [0.2, 0.25) is 0 Å². The van der Waals surface area contributed by atoms with Crippen molar-refractivity contribution < 1.29 is 124 Å². The van der Waals surface area contributed by atoms with Crippen LogP contribution in [0, 0.1) is 0 Å². The molecule has 0 fully saturated rings. The molecule has 0 aliphatic heterocycles. The van der Waals surface area contributed by atoms with Crippen molar-refractivity contribution in [2.45, 2.75) is 83.7 Å². The molecule has 43 heavy (non-hydrogen) atoms. The van der Waals surface area contributed by atoms with Crippen molar-refractivity contribution >= 4 is 0 Å². The smallest absolute Gasteiger partial charge is 0.396 e. The Labute approximate surface area is 215 Å². The number of rotatable bonds is 12. The molecule has 0 saturated carbocycles. The normalized spacial score (nSPS) is 17.0. The van der Waals surface area contributed by atoms with E-state index in [1.54, 1.807) is 0 Å². The van der Waals surface area contributed by atoms with Gasteiger partial charge in [0, 0.05) is 13.0 Å². The standard InChI is InChI=1S/C15H5F27O/c16-3(17,1-2-43)5(19,20)7(23,24)9(27,28)11(31,32)13(35,36)12(33,34)10(29,30)8(25,26)6(21,22)4(18,14(37,38)39)15(40,41)42/h43H,1-2H2. The fraction of sp³-hybridized carbons (Fsp3) is 1.00. The Morgan fingerprint density at radius 3 is 0.651 bits per heavy atom. The summed E-state index contributed by atoms with van der Waals surface area (Å²) in [5, 5.41) is 8.02. The van der Waals surface area contributed by atoms with Gasteiger partial charge in [-0.1, -0.05) is 0 Å². The van der Waals surface area contributed by atoms with Crippen molar-refractivity contribution in [1.82, 2.24) is 0 Å². The van der Waals surface area contributed by atoms with Gasteiger partial charge < -0.3 is 5.11 Å². The van der Waals surface area contributed by atoms with Crippen LogP contribution >= 0.6 is 0 Å². The van der Waals surface area contributed by atoms with Crippen LogP contribution in [0.15, 0.2) is 0 Å². The molecule has 1 N–H and O–H groups in total. The van der Waals surface area contributed by atoms with Crippen LogP contribution in [0.25, 0.3) is 0 Å². The molecule has 28 heteroatoms. The molecule has 0 unspecified atom stereocenters. The summed E-state index contributed by atoms with van der Waals surface area (Å²) in [5.41, 5.74) is -9.22. The van der Waals surface area contributed by atoms with Crippen LogP contribution in [-0.4, -0.2) is 89.0 Å². The fourth-order valence-corrected chi connectivity index (χ4v) is 2.64. The zero-order chi connectivity index (χ0) is 35.9. The van der Waals surface area contributed by atoms with E-state index in [0.29, 0.717) is 0 Å². The number of alkyl halides is 27. The van der Waals surface area contributed by atoms with Gasteiger partial charge in [0.05, 0.1) is 0 Å². The van der Waals surface area contributed by atoms with Gasteiger partial charge in [0.15, 0.2) is 0 Å². The van der Waals surface area contributed by atoms with Crippen LogP contribution in [0.1, 0.15) is 6.42 Å². The average molecular weight is 714 g/mol. The van der Waals surface area contributed by atoms with Gasteiger partial charge in [0.2, 0.25) is 0 Å². The van der Waals surface area contributed by atoms with Gasteiger partial charge >= 0.3 is 77.2 Å². The van der Waals surface area contributed by atoms with E-state index in [1.807, 2.05) is 0 Å². The van der Waals surface area contributed by atoms with Crippen molar-refractivity contribution in [1.29, 1.82) is 0 Å². The highest BCUT2D eigenvalue weighted by atomic mass is 19.4. The molecule has 1 nitrogen and oxygen atoms in total. The highest BCUT2D eigenvalue weighted by molar-refractivity contribution is 5.21. The molecule has 0 aromatic carbocycles. The summed E-state index contributed by atoms with van der Waals surface area (Å²) < 4.78 is 357. The molecule has 0 aromatic rings. The van der Waals surface area contributed by atoms with Crippen LogP contribution in [0.4, 0.5) is 119 Å². The highest BCUT2D eigenvalue weighted by Crippen LogP contribution is 2.69. The molecule has 0 spiro atoms. The van der Waals surface area contributed by atoms with Gasteiger partial charge in [-0.2, -0.15) is 114 Å². The van der Waals surface area contributed by atoms with Crippen molar-refractivity contribution in [2.24, 2.45) is 0 Å². The van der Waals surface area contributed by atoms with Gasteiger partial charge in [-0.3, -0.25) is 0 Å². The first-order valence-electron chi connectivity index (χ1n) is 9.27. The maximum absolute atomic E-state index is 13.6. The minimum absolute atomic E-state index is 2.48. The van der Waals surface area contributed by atoms with Crippen LogP contribution in [0.3, 0.4) is 0 Å². The molecule has 260 valence electrons. The summed E-state index contributed by atoms with van der Waals surface area (Å²) in [6.07, 6.45) is -20.6. The number of aliphatic hydroxyl groups is 1. The topological polar surface area (TPSA) is 20.2 Å². The van der Waals surface area contributed by atoms with Gasteiger partial charge in [0.25, 0.3) is 0 Å². The Bertz CT molecular complexity index is 983. The lowest BCUT2D eigenvalue weighted by Crippen LogP contribution is -2.79. The predicted octanol–water partition coefficient (Wildman–Crippen LogP) is 8.55. The lowest BCUT2D eigenvalue weighted by atomic mass is 9.82. The third kappa shape index (κ3) is 4.79. The molecular weight excluding hydrogens is 709 g/mol. The van der Waals surface area contributed by atoms with Crippen LogP contribution < -0.4 is 0 Å². The monoisotopic (exact) mass is 714 g/mol. The van der Waals surface area contributed by atoms with Gasteiger partial charge in [-0.15, -0.1) is 0 Å². The Hall–Kier alpha value is -1.93. The third-order valence-corrected chi connectivity index (χ3v) is 5.25. The molecular formula is C15H5F27O. The minimum atomic E-state index is -9.82. The summed E-state index contributed by atoms with van der Waals surface area (Å²) in [7, 11) is 0. The van der Waals surface area contributed by atoms with E-state index in [-0.39, 0.29) is 0 Å². The number of aliphatic hydroxyl groups excluding tert-OH is 1. The molecule has 0 radical (unpaired) electrons. The summed E-state index contributed by atoms with van der Waals surface area (Å²) in [5.74, 6) is -91.9. The molecule has 0 atom stereocenters. The summed E-state index contributed by atoms with van der Waals surface area (Å²) in [4.78, 5) is 0. The van der Waals surface area contributed by atoms with E-state index in [4.69, 9.17) is 5.11 Å². The maximum atomic E-state index is 13.6. The Morgan fingerprint density at radius 2 is 0.465 bits per heavy atom. The van der Waals surface area contributed by atoms with Crippen LogP contribution in [-0.2, 0) is 0 Å². The molecule has 0 bridgehead atoms. The number of hydrogen-bond donors (Lipinski definition) is 1. The summed E-state index contributed by atoms with van der Waals surface area (Å²) >= 11 is 0. The Balaban J connectivity index is 7.55. The molecule has 0 aliphatic carbocycles. The van der Waals surface area contributed by atoms with E-state index < -0.39 is 90.3 Å². The zero-order valence-electron chi connectivity index (χ0n) is 18.6. The Kier molecular flexibility index (Phi) is 9.59. The largest absolute Gasteiger partial charge is 0.438 e. The van der Waals surface area contributed by atoms with Crippen molar-refractivity contribution in [3.05, 3.63) is 0 Å². The van der Waals surface area contributed by atoms with Crippen molar-refractivity contribution in [2.75, 3.05) is 6.61 Å². The van der Waals surface area contributed by atoms with E-state index in [9.17, 15) is 119 Å². The van der Waals surface area contributed by atoms with Crippen molar-refractivity contribution in [3.8, 4) is 0 Å². The van der Waals surface area contributed by atoms with Crippen molar-refractivity contribution in [3.63, 3.8) is 0 Å². The second-order valence-corrected chi connectivity index (χ2v) is 8.00. The van der Waals surface area contributed by atoms with E-state index >= 15 is 0 Å². The molecule has 0 aliphatic rings. The highest BCUT2D eigenvalue weighted by Gasteiger charge is 3.01. The third-order valence-electron chi connectivity index (χ3n) is 5.25. The second kappa shape index (κ2) is 10.0. The fourth-order valence-electron chi connectivity index (χ4n) is 2.64. The average Bonchev–Trinajstić information content (AvgIpc) is 2.75. The zero-order valence-corrected chi connectivity index (χ0v) is 18.6. The number of hydrogen-bond acceptors (Lipinski definition) is 1. The van der Waals surface area contributed by atoms with Gasteiger partial charge in [0.1, 0.15) is 0 Å².